The van der Waals surface area contributed by atoms with Gasteiger partial charge in [-0.3, -0.25) is 4.79 Å². The van der Waals surface area contributed by atoms with Crippen LogP contribution < -0.4 is 10.9 Å². The predicted octanol–water partition coefficient (Wildman–Crippen LogP) is 3.31. The Kier molecular flexibility index (Phi) is 4.18. The second-order valence-corrected chi connectivity index (χ2v) is 6.31. The summed E-state index contributed by atoms with van der Waals surface area (Å²) in [7, 11) is 0. The molecule has 0 bridgehead atoms. The van der Waals surface area contributed by atoms with Crippen molar-refractivity contribution in [3.8, 4) is 0 Å². The first-order valence-electron chi connectivity index (χ1n) is 7.09. The number of rotatable bonds is 5. The monoisotopic (exact) mass is 298 g/mol. The average molecular weight is 298 g/mol. The Morgan fingerprint density at radius 1 is 1.24 bits per heavy atom. The molecule has 0 aliphatic heterocycles. The van der Waals surface area contributed by atoms with Crippen LogP contribution in [0.25, 0.3) is 10.9 Å². The zero-order valence-electron chi connectivity index (χ0n) is 11.9. The van der Waals surface area contributed by atoms with Crippen molar-refractivity contribution in [1.29, 1.82) is 0 Å². The minimum atomic E-state index is -0.00970. The maximum atomic E-state index is 12.1. The highest BCUT2D eigenvalue weighted by atomic mass is 32.1. The van der Waals surface area contributed by atoms with Gasteiger partial charge in [0.15, 0.2) is 0 Å². The average Bonchev–Trinajstić information content (AvgIpc) is 2.98. The van der Waals surface area contributed by atoms with Crippen molar-refractivity contribution >= 4 is 22.2 Å². The molecule has 4 heteroatoms. The van der Waals surface area contributed by atoms with Crippen LogP contribution in [0.5, 0.6) is 0 Å². The summed E-state index contributed by atoms with van der Waals surface area (Å²) in [6.07, 6.45) is 0.989. The number of nitrogens with one attached hydrogen (secondary N) is 2. The second kappa shape index (κ2) is 6.24. The fraction of sp³-hybridized carbons (Fsp3) is 0.235. The van der Waals surface area contributed by atoms with E-state index in [4.69, 9.17) is 0 Å². The van der Waals surface area contributed by atoms with Crippen molar-refractivity contribution in [1.82, 2.24) is 10.3 Å². The molecular formula is C17H18N2OS. The number of hydrogen-bond acceptors (Lipinski definition) is 3. The van der Waals surface area contributed by atoms with Crippen molar-refractivity contribution in [3.05, 3.63) is 68.6 Å². The van der Waals surface area contributed by atoms with Gasteiger partial charge in [-0.15, -0.1) is 11.3 Å². The molecule has 0 amide bonds. The molecule has 2 N–H and O–H groups in total. The Hall–Kier alpha value is -1.91. The molecule has 1 unspecified atom stereocenters. The number of fused-ring (bicyclic) bond motifs is 1. The van der Waals surface area contributed by atoms with E-state index in [1.165, 1.54) is 4.88 Å². The van der Waals surface area contributed by atoms with Crippen LogP contribution in [-0.4, -0.2) is 11.0 Å². The van der Waals surface area contributed by atoms with Crippen LogP contribution in [0.15, 0.2) is 52.6 Å². The van der Waals surface area contributed by atoms with Crippen molar-refractivity contribution in [2.45, 2.75) is 25.9 Å². The molecule has 3 aromatic rings. The normalized spacial score (nSPS) is 12.6. The summed E-state index contributed by atoms with van der Waals surface area (Å²) in [5.41, 5.74) is 1.66. The quantitative estimate of drug-likeness (QED) is 0.759. The van der Waals surface area contributed by atoms with Crippen molar-refractivity contribution < 1.29 is 0 Å². The third-order valence-electron chi connectivity index (χ3n) is 3.56. The van der Waals surface area contributed by atoms with Gasteiger partial charge in [-0.05, 0) is 42.3 Å². The molecule has 0 saturated carbocycles. The van der Waals surface area contributed by atoms with Crippen LogP contribution in [0, 0.1) is 0 Å². The second-order valence-electron chi connectivity index (χ2n) is 5.28. The lowest BCUT2D eigenvalue weighted by Crippen LogP contribution is -2.30. The zero-order chi connectivity index (χ0) is 14.7. The van der Waals surface area contributed by atoms with E-state index >= 15 is 0 Å². The number of aromatic nitrogens is 1. The summed E-state index contributed by atoms with van der Waals surface area (Å²) < 4.78 is 0. The third kappa shape index (κ3) is 3.40. The van der Waals surface area contributed by atoms with Crippen LogP contribution >= 0.6 is 11.3 Å². The number of para-hydroxylation sites is 1. The molecule has 0 radical (unpaired) electrons. The highest BCUT2D eigenvalue weighted by Gasteiger charge is 2.07. The zero-order valence-corrected chi connectivity index (χ0v) is 12.7. The predicted molar refractivity (Wildman–Crippen MR) is 88.9 cm³/mol. The largest absolute Gasteiger partial charge is 0.322 e. The lowest BCUT2D eigenvalue weighted by molar-refractivity contribution is 0.547. The lowest BCUT2D eigenvalue weighted by atomic mass is 10.1. The Bertz CT molecular complexity index is 777. The molecule has 1 aromatic carbocycles. The molecule has 2 aromatic heterocycles. The van der Waals surface area contributed by atoms with E-state index in [1.807, 2.05) is 30.3 Å². The Balaban J connectivity index is 1.70. The van der Waals surface area contributed by atoms with Crippen molar-refractivity contribution in [2.75, 3.05) is 0 Å². The first kappa shape index (κ1) is 14.0. The van der Waals surface area contributed by atoms with Gasteiger partial charge in [0.1, 0.15) is 0 Å². The molecule has 0 aliphatic rings. The molecule has 3 nitrogen and oxygen atoms in total. The first-order valence-corrected chi connectivity index (χ1v) is 7.97. The third-order valence-corrected chi connectivity index (χ3v) is 4.46. The van der Waals surface area contributed by atoms with E-state index in [-0.39, 0.29) is 5.56 Å². The van der Waals surface area contributed by atoms with E-state index in [2.05, 4.69) is 34.7 Å². The van der Waals surface area contributed by atoms with Crippen molar-refractivity contribution in [3.63, 3.8) is 0 Å². The van der Waals surface area contributed by atoms with Crippen molar-refractivity contribution in [2.24, 2.45) is 0 Å². The number of thiophene rings is 1. The van der Waals surface area contributed by atoms with Gasteiger partial charge >= 0.3 is 0 Å². The van der Waals surface area contributed by atoms with Gasteiger partial charge in [0.25, 0.3) is 5.56 Å². The van der Waals surface area contributed by atoms with Crippen LogP contribution in [-0.2, 0) is 13.0 Å². The highest BCUT2D eigenvalue weighted by Crippen LogP contribution is 2.12. The topological polar surface area (TPSA) is 44.9 Å². The Labute approximate surface area is 127 Å². The Morgan fingerprint density at radius 3 is 2.90 bits per heavy atom. The van der Waals surface area contributed by atoms with Gasteiger partial charge in [0.2, 0.25) is 0 Å². The summed E-state index contributed by atoms with van der Waals surface area (Å²) in [4.78, 5) is 16.4. The smallest absolute Gasteiger partial charge is 0.252 e. The Morgan fingerprint density at radius 2 is 2.10 bits per heavy atom. The minimum Gasteiger partial charge on any atom is -0.322 e. The molecule has 21 heavy (non-hydrogen) atoms. The molecule has 3 rings (SSSR count). The van der Waals surface area contributed by atoms with E-state index in [0.29, 0.717) is 12.6 Å². The molecular weight excluding hydrogens is 280 g/mol. The van der Waals surface area contributed by atoms with Gasteiger partial charge in [0.05, 0.1) is 0 Å². The van der Waals surface area contributed by atoms with Crippen LogP contribution in [0.1, 0.15) is 17.4 Å². The SMILES string of the molecule is CC(Cc1cccs1)NCc1cc2ccccc2[nH]c1=O. The first-order chi connectivity index (χ1) is 10.2. The molecule has 0 spiro atoms. The summed E-state index contributed by atoms with van der Waals surface area (Å²) in [5, 5.41) is 6.59. The van der Waals surface area contributed by atoms with Crippen LogP contribution in [0.3, 0.4) is 0 Å². The number of hydrogen-bond donors (Lipinski definition) is 2. The lowest BCUT2D eigenvalue weighted by Gasteiger charge is -2.12. The molecule has 108 valence electrons. The minimum absolute atomic E-state index is 0.00970. The summed E-state index contributed by atoms with van der Waals surface area (Å²) in [6.45, 7) is 2.74. The van der Waals surface area contributed by atoms with Gasteiger partial charge in [-0.2, -0.15) is 0 Å². The van der Waals surface area contributed by atoms with Gasteiger partial charge < -0.3 is 10.3 Å². The van der Waals surface area contributed by atoms with E-state index in [1.54, 1.807) is 11.3 Å². The summed E-state index contributed by atoms with van der Waals surface area (Å²) in [5.74, 6) is 0. The maximum absolute atomic E-state index is 12.1. The number of aromatic amines is 1. The molecule has 0 saturated heterocycles. The van der Waals surface area contributed by atoms with Gasteiger partial charge in [-0.1, -0.05) is 24.3 Å². The fourth-order valence-electron chi connectivity index (χ4n) is 2.41. The fourth-order valence-corrected chi connectivity index (χ4v) is 3.25. The molecule has 1 atom stereocenters. The van der Waals surface area contributed by atoms with Crippen LogP contribution in [0.2, 0.25) is 0 Å². The molecule has 2 heterocycles. The summed E-state index contributed by atoms with van der Waals surface area (Å²) >= 11 is 1.77. The summed E-state index contributed by atoms with van der Waals surface area (Å²) in [6, 6.07) is 14.4. The van der Waals surface area contributed by atoms with E-state index in [9.17, 15) is 4.79 Å². The number of H-pyrrole nitrogens is 1. The maximum Gasteiger partial charge on any atom is 0.252 e. The van der Waals surface area contributed by atoms with E-state index in [0.717, 1.165) is 22.9 Å². The van der Waals surface area contributed by atoms with Gasteiger partial charge in [0, 0.05) is 28.5 Å². The molecule has 0 aliphatic carbocycles. The highest BCUT2D eigenvalue weighted by molar-refractivity contribution is 7.09. The molecule has 0 fully saturated rings. The standard InChI is InChI=1S/C17H18N2OS/c1-12(9-15-6-4-8-21-15)18-11-14-10-13-5-2-3-7-16(13)19-17(14)20/h2-8,10,12,18H,9,11H2,1H3,(H,19,20). The number of pyridine rings is 1. The number of benzene rings is 1. The van der Waals surface area contributed by atoms with Gasteiger partial charge in [-0.25, -0.2) is 0 Å². The van der Waals surface area contributed by atoms with Crippen LogP contribution in [0.4, 0.5) is 0 Å². The van der Waals surface area contributed by atoms with E-state index < -0.39 is 0 Å².